The van der Waals surface area contributed by atoms with Crippen LogP contribution in [0.4, 0.5) is 0 Å². The van der Waals surface area contributed by atoms with Gasteiger partial charge in [-0.05, 0) is 22.7 Å². The van der Waals surface area contributed by atoms with Crippen molar-refractivity contribution in [2.45, 2.75) is 11.8 Å². The molecular formula is C9H8BrClO. The third-order valence-electron chi connectivity index (χ3n) is 1.59. The Labute approximate surface area is 84.9 Å². The minimum absolute atomic E-state index is 0.309. The van der Waals surface area contributed by atoms with Gasteiger partial charge in [-0.1, -0.05) is 40.2 Å². The lowest BCUT2D eigenvalue weighted by Gasteiger charge is -2.02. The molecule has 64 valence electrons. The highest BCUT2D eigenvalue weighted by molar-refractivity contribution is 9.08. The summed E-state index contributed by atoms with van der Waals surface area (Å²) >= 11 is 8.63. The van der Waals surface area contributed by atoms with Crippen molar-refractivity contribution in [1.82, 2.24) is 0 Å². The van der Waals surface area contributed by atoms with Gasteiger partial charge in [-0.2, -0.15) is 0 Å². The van der Waals surface area contributed by atoms with Crippen LogP contribution in [-0.2, 0) is 16.5 Å². The quantitative estimate of drug-likeness (QED) is 0.593. The second-order valence-electron chi connectivity index (χ2n) is 2.43. The van der Waals surface area contributed by atoms with Crippen molar-refractivity contribution >= 4 is 32.8 Å². The summed E-state index contributed by atoms with van der Waals surface area (Å²) in [5, 5.41) is 0.441. The van der Waals surface area contributed by atoms with E-state index in [0.717, 1.165) is 16.5 Å². The summed E-state index contributed by atoms with van der Waals surface area (Å²) in [5.41, 5.74) is 2.11. The maximum Gasteiger partial charge on any atom is 0.226 e. The monoisotopic (exact) mass is 246 g/mol. The van der Waals surface area contributed by atoms with Crippen molar-refractivity contribution in [3.05, 3.63) is 35.4 Å². The van der Waals surface area contributed by atoms with Crippen LogP contribution in [0.15, 0.2) is 24.3 Å². The molecule has 0 bridgehead atoms. The summed E-state index contributed by atoms with van der Waals surface area (Å²) in [5.74, 6) is 0. The molecule has 0 aliphatic heterocycles. The Balaban J connectivity index is 2.89. The van der Waals surface area contributed by atoms with Crippen molar-refractivity contribution in [1.29, 1.82) is 0 Å². The molecule has 1 aromatic carbocycles. The molecule has 0 aromatic heterocycles. The Morgan fingerprint density at radius 1 is 1.33 bits per heavy atom. The van der Waals surface area contributed by atoms with Gasteiger partial charge in [0.25, 0.3) is 0 Å². The van der Waals surface area contributed by atoms with Gasteiger partial charge in [-0.3, -0.25) is 4.79 Å². The first-order valence-corrected chi connectivity index (χ1v) is 5.05. The van der Waals surface area contributed by atoms with Gasteiger partial charge in [0.1, 0.15) is 0 Å². The second kappa shape index (κ2) is 4.63. The number of carbonyl (C=O) groups is 1. The summed E-state index contributed by atoms with van der Waals surface area (Å²) < 4.78 is 0. The molecule has 0 radical (unpaired) electrons. The topological polar surface area (TPSA) is 17.1 Å². The molecule has 0 spiro atoms. The Bertz CT molecular complexity index is 286. The van der Waals surface area contributed by atoms with Gasteiger partial charge in [0.15, 0.2) is 0 Å². The average molecular weight is 248 g/mol. The molecule has 12 heavy (non-hydrogen) atoms. The summed E-state index contributed by atoms with van der Waals surface area (Å²) in [4.78, 5) is 10.6. The number of alkyl halides is 1. The van der Waals surface area contributed by atoms with Crippen LogP contribution in [0, 0.1) is 0 Å². The van der Waals surface area contributed by atoms with Gasteiger partial charge in [-0.25, -0.2) is 0 Å². The van der Waals surface area contributed by atoms with Crippen LogP contribution in [0.5, 0.6) is 0 Å². The van der Waals surface area contributed by atoms with E-state index in [-0.39, 0.29) is 5.24 Å². The van der Waals surface area contributed by atoms with Crippen LogP contribution in [0.2, 0.25) is 0 Å². The Morgan fingerprint density at radius 3 is 2.42 bits per heavy atom. The number of halogens is 2. The molecule has 0 aliphatic rings. The second-order valence-corrected chi connectivity index (χ2v) is 3.42. The fourth-order valence-corrected chi connectivity index (χ4v) is 1.70. The predicted molar refractivity (Wildman–Crippen MR) is 53.6 cm³/mol. The lowest BCUT2D eigenvalue weighted by Crippen LogP contribution is -1.96. The largest absolute Gasteiger partial charge is 0.281 e. The van der Waals surface area contributed by atoms with Crippen molar-refractivity contribution in [2.24, 2.45) is 0 Å². The maximum absolute atomic E-state index is 10.6. The van der Waals surface area contributed by atoms with Crippen molar-refractivity contribution in [3.8, 4) is 0 Å². The zero-order chi connectivity index (χ0) is 8.97. The van der Waals surface area contributed by atoms with E-state index in [1.54, 1.807) is 0 Å². The lowest BCUT2D eigenvalue weighted by molar-refractivity contribution is -0.111. The van der Waals surface area contributed by atoms with E-state index < -0.39 is 0 Å². The minimum atomic E-state index is -0.316. The van der Waals surface area contributed by atoms with Crippen LogP contribution < -0.4 is 0 Å². The van der Waals surface area contributed by atoms with Gasteiger partial charge in [0.2, 0.25) is 5.24 Å². The molecule has 1 aromatic rings. The molecule has 0 unspecified atom stereocenters. The molecule has 0 saturated carbocycles. The van der Waals surface area contributed by atoms with Gasteiger partial charge in [-0.15, -0.1) is 0 Å². The molecular weight excluding hydrogens is 239 g/mol. The zero-order valence-corrected chi connectivity index (χ0v) is 8.73. The van der Waals surface area contributed by atoms with Gasteiger partial charge in [0.05, 0.1) is 0 Å². The Kier molecular flexibility index (Phi) is 3.76. The fourth-order valence-electron chi connectivity index (χ4n) is 1.01. The SMILES string of the molecule is O=C(Cl)Cc1ccccc1CBr. The first-order valence-electron chi connectivity index (χ1n) is 3.55. The van der Waals surface area contributed by atoms with Crippen LogP contribution >= 0.6 is 27.5 Å². The molecule has 0 fully saturated rings. The summed E-state index contributed by atoms with van der Waals surface area (Å²) in [6.45, 7) is 0. The number of benzene rings is 1. The standard InChI is InChI=1S/C9H8BrClO/c10-6-8-4-2-1-3-7(8)5-9(11)12/h1-4H,5-6H2. The number of hydrogen-bond donors (Lipinski definition) is 0. The molecule has 0 N–H and O–H groups in total. The van der Waals surface area contributed by atoms with Crippen LogP contribution in [0.1, 0.15) is 11.1 Å². The van der Waals surface area contributed by atoms with Crippen LogP contribution in [0.3, 0.4) is 0 Å². The lowest BCUT2D eigenvalue weighted by atomic mass is 10.1. The normalized spacial score (nSPS) is 9.83. The van der Waals surface area contributed by atoms with Gasteiger partial charge >= 0.3 is 0 Å². The van der Waals surface area contributed by atoms with E-state index in [2.05, 4.69) is 15.9 Å². The molecule has 1 rings (SSSR count). The molecule has 3 heteroatoms. The average Bonchev–Trinajstić information content (AvgIpc) is 2.04. The van der Waals surface area contributed by atoms with E-state index in [9.17, 15) is 4.79 Å². The molecule has 0 saturated heterocycles. The predicted octanol–water partition coefficient (Wildman–Crippen LogP) is 2.89. The third-order valence-corrected chi connectivity index (χ3v) is 2.33. The highest BCUT2D eigenvalue weighted by Crippen LogP contribution is 2.13. The molecule has 0 atom stereocenters. The number of hydrogen-bond acceptors (Lipinski definition) is 1. The van der Waals surface area contributed by atoms with E-state index >= 15 is 0 Å². The highest BCUT2D eigenvalue weighted by Gasteiger charge is 2.03. The first-order chi connectivity index (χ1) is 5.74. The third kappa shape index (κ3) is 2.61. The van der Waals surface area contributed by atoms with E-state index in [1.807, 2.05) is 24.3 Å². The fraction of sp³-hybridized carbons (Fsp3) is 0.222. The number of carbonyl (C=O) groups excluding carboxylic acids is 1. The van der Waals surface area contributed by atoms with Crippen molar-refractivity contribution in [3.63, 3.8) is 0 Å². The zero-order valence-electron chi connectivity index (χ0n) is 6.39. The maximum atomic E-state index is 10.6. The van der Waals surface area contributed by atoms with Crippen molar-refractivity contribution in [2.75, 3.05) is 0 Å². The van der Waals surface area contributed by atoms with Crippen molar-refractivity contribution < 1.29 is 4.79 Å². The molecule has 1 nitrogen and oxygen atoms in total. The summed E-state index contributed by atoms with van der Waals surface area (Å²) in [6.07, 6.45) is 0.309. The van der Waals surface area contributed by atoms with E-state index in [0.29, 0.717) is 6.42 Å². The first kappa shape index (κ1) is 9.75. The summed E-state index contributed by atoms with van der Waals surface area (Å²) in [6, 6.07) is 7.74. The Morgan fingerprint density at radius 2 is 1.92 bits per heavy atom. The van der Waals surface area contributed by atoms with Crippen LogP contribution in [-0.4, -0.2) is 5.24 Å². The van der Waals surface area contributed by atoms with E-state index in [4.69, 9.17) is 11.6 Å². The smallest absolute Gasteiger partial charge is 0.226 e. The summed E-state index contributed by atoms with van der Waals surface area (Å²) in [7, 11) is 0. The highest BCUT2D eigenvalue weighted by atomic mass is 79.9. The minimum Gasteiger partial charge on any atom is -0.281 e. The van der Waals surface area contributed by atoms with Gasteiger partial charge < -0.3 is 0 Å². The van der Waals surface area contributed by atoms with Crippen LogP contribution in [0.25, 0.3) is 0 Å². The number of rotatable bonds is 3. The van der Waals surface area contributed by atoms with Gasteiger partial charge in [0, 0.05) is 11.8 Å². The molecule has 0 amide bonds. The molecule has 0 aliphatic carbocycles. The van der Waals surface area contributed by atoms with E-state index in [1.165, 1.54) is 0 Å². The Hall–Kier alpha value is -0.340. The molecule has 0 heterocycles.